The van der Waals surface area contributed by atoms with Gasteiger partial charge in [-0.1, -0.05) is 12.1 Å². The second kappa shape index (κ2) is 6.26. The zero-order valence-electron chi connectivity index (χ0n) is 9.85. The van der Waals surface area contributed by atoms with Crippen LogP contribution in [0.4, 0.5) is 0 Å². The van der Waals surface area contributed by atoms with Crippen LogP contribution in [0.2, 0.25) is 0 Å². The summed E-state index contributed by atoms with van der Waals surface area (Å²) >= 11 is 0. The van der Waals surface area contributed by atoms with E-state index >= 15 is 0 Å². The van der Waals surface area contributed by atoms with Crippen LogP contribution >= 0.6 is 0 Å². The van der Waals surface area contributed by atoms with Gasteiger partial charge >= 0.3 is 0 Å². The van der Waals surface area contributed by atoms with E-state index in [0.29, 0.717) is 18.2 Å². The maximum Gasteiger partial charge on any atom is 0.0991 e. The summed E-state index contributed by atoms with van der Waals surface area (Å²) in [5, 5.41) is 17.8. The molecule has 0 unspecified atom stereocenters. The van der Waals surface area contributed by atoms with Gasteiger partial charge in [0, 0.05) is 19.1 Å². The summed E-state index contributed by atoms with van der Waals surface area (Å²) in [6, 6.07) is 10.1. The van der Waals surface area contributed by atoms with E-state index in [1.807, 2.05) is 18.2 Å². The SMILES string of the molecule is CC(C)N(CCO)Cc1cccc(C#N)c1. The lowest BCUT2D eigenvalue weighted by molar-refractivity contribution is 0.159. The molecular formula is C13H18N2O. The maximum absolute atomic E-state index is 8.97. The Balaban J connectivity index is 2.73. The highest BCUT2D eigenvalue weighted by molar-refractivity contribution is 5.32. The van der Waals surface area contributed by atoms with Gasteiger partial charge < -0.3 is 5.11 Å². The predicted molar refractivity (Wildman–Crippen MR) is 63.8 cm³/mol. The number of rotatable bonds is 5. The van der Waals surface area contributed by atoms with E-state index in [1.54, 1.807) is 6.07 Å². The summed E-state index contributed by atoms with van der Waals surface area (Å²) in [5.74, 6) is 0. The van der Waals surface area contributed by atoms with Crippen LogP contribution in [0.3, 0.4) is 0 Å². The van der Waals surface area contributed by atoms with Crippen LogP contribution < -0.4 is 0 Å². The zero-order chi connectivity index (χ0) is 12.0. The normalized spacial score (nSPS) is 10.8. The van der Waals surface area contributed by atoms with Crippen LogP contribution in [-0.2, 0) is 6.54 Å². The molecule has 0 radical (unpaired) electrons. The lowest BCUT2D eigenvalue weighted by atomic mass is 10.1. The average Bonchev–Trinajstić information content (AvgIpc) is 2.28. The molecule has 0 saturated carbocycles. The molecular weight excluding hydrogens is 200 g/mol. The Kier molecular flexibility index (Phi) is 4.97. The lowest BCUT2D eigenvalue weighted by Crippen LogP contribution is -2.32. The summed E-state index contributed by atoms with van der Waals surface area (Å²) < 4.78 is 0. The van der Waals surface area contributed by atoms with Crippen molar-refractivity contribution < 1.29 is 5.11 Å². The van der Waals surface area contributed by atoms with Gasteiger partial charge in [0.1, 0.15) is 0 Å². The van der Waals surface area contributed by atoms with E-state index < -0.39 is 0 Å². The van der Waals surface area contributed by atoms with Crippen molar-refractivity contribution in [3.8, 4) is 6.07 Å². The van der Waals surface area contributed by atoms with Gasteiger partial charge in [0.25, 0.3) is 0 Å². The van der Waals surface area contributed by atoms with E-state index in [9.17, 15) is 0 Å². The first kappa shape index (κ1) is 12.7. The minimum absolute atomic E-state index is 0.163. The smallest absolute Gasteiger partial charge is 0.0991 e. The average molecular weight is 218 g/mol. The van der Waals surface area contributed by atoms with Crippen molar-refractivity contribution in [2.24, 2.45) is 0 Å². The fourth-order valence-corrected chi connectivity index (χ4v) is 1.62. The summed E-state index contributed by atoms with van der Waals surface area (Å²) in [4.78, 5) is 2.18. The number of aliphatic hydroxyl groups is 1. The number of benzene rings is 1. The molecule has 3 heteroatoms. The molecule has 0 bridgehead atoms. The second-order valence-electron chi connectivity index (χ2n) is 4.10. The van der Waals surface area contributed by atoms with Crippen LogP contribution in [0, 0.1) is 11.3 Å². The quantitative estimate of drug-likeness (QED) is 0.819. The fraction of sp³-hybridized carbons (Fsp3) is 0.462. The number of hydrogen-bond donors (Lipinski definition) is 1. The molecule has 3 nitrogen and oxygen atoms in total. The molecule has 1 rings (SSSR count). The molecule has 0 aliphatic heterocycles. The van der Waals surface area contributed by atoms with Gasteiger partial charge in [0.2, 0.25) is 0 Å². The van der Waals surface area contributed by atoms with Crippen molar-refractivity contribution in [3.63, 3.8) is 0 Å². The highest BCUT2D eigenvalue weighted by atomic mass is 16.3. The largest absolute Gasteiger partial charge is 0.395 e. The molecule has 1 aromatic rings. The minimum Gasteiger partial charge on any atom is -0.395 e. The number of aliphatic hydroxyl groups excluding tert-OH is 1. The molecule has 1 N–H and O–H groups in total. The Morgan fingerprint density at radius 3 is 2.75 bits per heavy atom. The van der Waals surface area contributed by atoms with Crippen molar-refractivity contribution in [1.82, 2.24) is 4.90 Å². The third-order valence-corrected chi connectivity index (χ3v) is 2.56. The maximum atomic E-state index is 8.97. The molecule has 86 valence electrons. The first-order valence-electron chi connectivity index (χ1n) is 5.51. The number of nitriles is 1. The number of hydrogen-bond acceptors (Lipinski definition) is 3. The van der Waals surface area contributed by atoms with E-state index in [-0.39, 0.29) is 6.61 Å². The van der Waals surface area contributed by atoms with Crippen molar-refractivity contribution in [1.29, 1.82) is 5.26 Å². The van der Waals surface area contributed by atoms with Gasteiger partial charge in [0.05, 0.1) is 18.2 Å². The van der Waals surface area contributed by atoms with Crippen LogP contribution in [0.5, 0.6) is 0 Å². The predicted octanol–water partition coefficient (Wildman–Crippen LogP) is 1.76. The highest BCUT2D eigenvalue weighted by Crippen LogP contribution is 2.09. The standard InChI is InChI=1S/C13H18N2O/c1-11(2)15(6-7-16)10-13-5-3-4-12(8-13)9-14/h3-5,8,11,16H,6-7,10H2,1-2H3. The lowest BCUT2D eigenvalue weighted by Gasteiger charge is -2.25. The molecule has 0 saturated heterocycles. The van der Waals surface area contributed by atoms with Crippen molar-refractivity contribution in [2.45, 2.75) is 26.4 Å². The number of nitrogens with zero attached hydrogens (tertiary/aromatic N) is 2. The van der Waals surface area contributed by atoms with Crippen molar-refractivity contribution >= 4 is 0 Å². The van der Waals surface area contributed by atoms with Crippen molar-refractivity contribution in [3.05, 3.63) is 35.4 Å². The molecule has 0 spiro atoms. The topological polar surface area (TPSA) is 47.3 Å². The molecule has 0 amide bonds. The van der Waals surface area contributed by atoms with Crippen LogP contribution in [0.15, 0.2) is 24.3 Å². The molecule has 0 fully saturated rings. The monoisotopic (exact) mass is 218 g/mol. The molecule has 1 aromatic carbocycles. The first-order valence-corrected chi connectivity index (χ1v) is 5.51. The second-order valence-corrected chi connectivity index (χ2v) is 4.10. The van der Waals surface area contributed by atoms with Crippen molar-refractivity contribution in [2.75, 3.05) is 13.2 Å². The van der Waals surface area contributed by atoms with Gasteiger partial charge in [-0.2, -0.15) is 5.26 Å². The molecule has 16 heavy (non-hydrogen) atoms. The van der Waals surface area contributed by atoms with Crippen LogP contribution in [-0.4, -0.2) is 29.2 Å². The first-order chi connectivity index (χ1) is 7.67. The highest BCUT2D eigenvalue weighted by Gasteiger charge is 2.09. The fourth-order valence-electron chi connectivity index (χ4n) is 1.62. The van der Waals surface area contributed by atoms with Crippen LogP contribution in [0.25, 0.3) is 0 Å². The van der Waals surface area contributed by atoms with Gasteiger partial charge in [-0.15, -0.1) is 0 Å². The molecule has 0 aliphatic rings. The van der Waals surface area contributed by atoms with E-state index in [4.69, 9.17) is 10.4 Å². The van der Waals surface area contributed by atoms with E-state index in [0.717, 1.165) is 12.1 Å². The Hall–Kier alpha value is -1.37. The molecule has 0 aliphatic carbocycles. The Bertz CT molecular complexity index is 368. The Morgan fingerprint density at radius 2 is 2.19 bits per heavy atom. The Labute approximate surface area is 96.9 Å². The summed E-state index contributed by atoms with van der Waals surface area (Å²) in [7, 11) is 0. The van der Waals surface area contributed by atoms with Gasteiger partial charge in [-0.05, 0) is 31.5 Å². The van der Waals surface area contributed by atoms with Crippen LogP contribution in [0.1, 0.15) is 25.0 Å². The van der Waals surface area contributed by atoms with E-state index in [2.05, 4.69) is 24.8 Å². The summed E-state index contributed by atoms with van der Waals surface area (Å²) in [6.45, 7) is 5.80. The third-order valence-electron chi connectivity index (χ3n) is 2.56. The van der Waals surface area contributed by atoms with Gasteiger partial charge in [-0.25, -0.2) is 0 Å². The van der Waals surface area contributed by atoms with Gasteiger partial charge in [-0.3, -0.25) is 4.90 Å². The molecule has 0 heterocycles. The summed E-state index contributed by atoms with van der Waals surface area (Å²) in [5.41, 5.74) is 1.80. The zero-order valence-corrected chi connectivity index (χ0v) is 9.85. The summed E-state index contributed by atoms with van der Waals surface area (Å²) in [6.07, 6.45) is 0. The Morgan fingerprint density at radius 1 is 1.44 bits per heavy atom. The van der Waals surface area contributed by atoms with E-state index in [1.165, 1.54) is 0 Å². The molecule has 0 aromatic heterocycles. The van der Waals surface area contributed by atoms with Gasteiger partial charge in [0.15, 0.2) is 0 Å². The third kappa shape index (κ3) is 3.65. The minimum atomic E-state index is 0.163. The molecule has 0 atom stereocenters.